The predicted octanol–water partition coefficient (Wildman–Crippen LogP) is 4.43. The summed E-state index contributed by atoms with van der Waals surface area (Å²) in [6.07, 6.45) is 0. The van der Waals surface area contributed by atoms with E-state index in [0.29, 0.717) is 0 Å². The maximum atomic E-state index is 12.7. The molecule has 0 aliphatic heterocycles. The van der Waals surface area contributed by atoms with E-state index in [-0.39, 0.29) is 21.5 Å². The van der Waals surface area contributed by atoms with Crippen LogP contribution >= 0.6 is 23.2 Å². The maximum Gasteiger partial charge on any atom is 0.246 e. The third kappa shape index (κ3) is 3.46. The fraction of sp³-hybridized carbons (Fsp3) is 0.250. The SMILES string of the molecule is Cc1ccc(CN(C)S(=O)(=O)c2c(Cl)cccc2Cl)c(C)c1. The van der Waals surface area contributed by atoms with Crippen LogP contribution < -0.4 is 0 Å². The van der Waals surface area contributed by atoms with Gasteiger partial charge in [-0.25, -0.2) is 8.42 Å². The Morgan fingerprint density at radius 3 is 2.18 bits per heavy atom. The number of hydrogen-bond donors (Lipinski definition) is 0. The summed E-state index contributed by atoms with van der Waals surface area (Å²) >= 11 is 12.0. The molecule has 6 heteroatoms. The predicted molar refractivity (Wildman–Crippen MR) is 91.0 cm³/mol. The highest BCUT2D eigenvalue weighted by molar-refractivity contribution is 7.89. The topological polar surface area (TPSA) is 37.4 Å². The minimum Gasteiger partial charge on any atom is -0.207 e. The van der Waals surface area contributed by atoms with Gasteiger partial charge in [-0.15, -0.1) is 0 Å². The smallest absolute Gasteiger partial charge is 0.207 e. The molecule has 0 saturated carbocycles. The van der Waals surface area contributed by atoms with Gasteiger partial charge in [-0.1, -0.05) is 53.0 Å². The van der Waals surface area contributed by atoms with E-state index in [1.165, 1.54) is 23.5 Å². The zero-order chi connectivity index (χ0) is 16.5. The van der Waals surface area contributed by atoms with Crippen LogP contribution in [0.4, 0.5) is 0 Å². The largest absolute Gasteiger partial charge is 0.246 e. The van der Waals surface area contributed by atoms with Crippen LogP contribution in [-0.2, 0) is 16.6 Å². The molecular weight excluding hydrogens is 341 g/mol. The molecule has 2 aromatic carbocycles. The Kier molecular flexibility index (Phi) is 5.17. The molecule has 0 heterocycles. The molecule has 0 saturated heterocycles. The number of hydrogen-bond acceptors (Lipinski definition) is 2. The Hall–Kier alpha value is -1.07. The molecule has 0 aromatic heterocycles. The Morgan fingerprint density at radius 2 is 1.64 bits per heavy atom. The Labute approximate surface area is 141 Å². The zero-order valence-electron chi connectivity index (χ0n) is 12.6. The molecule has 0 N–H and O–H groups in total. The van der Waals surface area contributed by atoms with E-state index in [2.05, 4.69) is 0 Å². The van der Waals surface area contributed by atoms with Gasteiger partial charge in [-0.05, 0) is 37.1 Å². The standard InChI is InChI=1S/C16H17Cl2NO2S/c1-11-7-8-13(12(2)9-11)10-19(3)22(20,21)16-14(17)5-4-6-15(16)18/h4-9H,10H2,1-3H3. The first kappa shape index (κ1) is 17.3. The van der Waals surface area contributed by atoms with Gasteiger partial charge in [0.1, 0.15) is 4.90 Å². The second-order valence-corrected chi connectivity index (χ2v) is 8.04. The number of rotatable bonds is 4. The minimum atomic E-state index is -3.76. The first-order valence-corrected chi connectivity index (χ1v) is 8.89. The van der Waals surface area contributed by atoms with Gasteiger partial charge in [0.25, 0.3) is 0 Å². The van der Waals surface area contributed by atoms with E-state index in [1.54, 1.807) is 6.07 Å². The van der Waals surface area contributed by atoms with Crippen molar-refractivity contribution in [3.05, 3.63) is 63.1 Å². The summed E-state index contributed by atoms with van der Waals surface area (Å²) in [5.41, 5.74) is 3.13. The van der Waals surface area contributed by atoms with Crippen LogP contribution in [-0.4, -0.2) is 19.8 Å². The Balaban J connectivity index is 2.37. The van der Waals surface area contributed by atoms with Gasteiger partial charge in [0.2, 0.25) is 10.0 Å². The molecule has 22 heavy (non-hydrogen) atoms. The Bertz CT molecular complexity index is 784. The lowest BCUT2D eigenvalue weighted by Gasteiger charge is -2.20. The molecule has 0 spiro atoms. The van der Waals surface area contributed by atoms with E-state index in [4.69, 9.17) is 23.2 Å². The zero-order valence-corrected chi connectivity index (χ0v) is 14.9. The van der Waals surface area contributed by atoms with Crippen molar-refractivity contribution in [1.82, 2.24) is 4.31 Å². The van der Waals surface area contributed by atoms with Crippen molar-refractivity contribution in [2.75, 3.05) is 7.05 Å². The molecule has 0 radical (unpaired) electrons. The van der Waals surface area contributed by atoms with Crippen molar-refractivity contribution in [1.29, 1.82) is 0 Å². The van der Waals surface area contributed by atoms with Crippen LogP contribution in [0.3, 0.4) is 0 Å². The molecule has 0 aliphatic rings. The van der Waals surface area contributed by atoms with Gasteiger partial charge in [0, 0.05) is 13.6 Å². The lowest BCUT2D eigenvalue weighted by molar-refractivity contribution is 0.466. The van der Waals surface area contributed by atoms with Gasteiger partial charge < -0.3 is 0 Å². The summed E-state index contributed by atoms with van der Waals surface area (Å²) in [7, 11) is -2.23. The molecule has 0 atom stereocenters. The number of nitrogens with zero attached hydrogens (tertiary/aromatic N) is 1. The van der Waals surface area contributed by atoms with Crippen molar-refractivity contribution in [2.45, 2.75) is 25.3 Å². The van der Waals surface area contributed by atoms with Crippen LogP contribution in [0.1, 0.15) is 16.7 Å². The molecule has 0 fully saturated rings. The molecule has 3 nitrogen and oxygen atoms in total. The van der Waals surface area contributed by atoms with Gasteiger partial charge in [0.15, 0.2) is 0 Å². The van der Waals surface area contributed by atoms with Crippen LogP contribution in [0.2, 0.25) is 10.0 Å². The molecule has 0 amide bonds. The number of halogens is 2. The van der Waals surface area contributed by atoms with E-state index in [0.717, 1.165) is 16.7 Å². The average molecular weight is 358 g/mol. The number of aryl methyl sites for hydroxylation is 2. The maximum absolute atomic E-state index is 12.7. The quantitative estimate of drug-likeness (QED) is 0.811. The van der Waals surface area contributed by atoms with Crippen LogP contribution in [0.5, 0.6) is 0 Å². The number of sulfonamides is 1. The molecular formula is C16H17Cl2NO2S. The fourth-order valence-corrected chi connectivity index (χ4v) is 4.46. The normalized spacial score (nSPS) is 11.9. The van der Waals surface area contributed by atoms with Crippen LogP contribution in [0.15, 0.2) is 41.3 Å². The highest BCUT2D eigenvalue weighted by Crippen LogP contribution is 2.31. The summed E-state index contributed by atoms with van der Waals surface area (Å²) in [6, 6.07) is 10.6. The first-order chi connectivity index (χ1) is 10.2. The van der Waals surface area contributed by atoms with Crippen LogP contribution in [0, 0.1) is 13.8 Å². The van der Waals surface area contributed by atoms with Gasteiger partial charge in [-0.3, -0.25) is 0 Å². The molecule has 0 aliphatic carbocycles. The second-order valence-electron chi connectivity index (χ2n) is 5.24. The third-order valence-corrected chi connectivity index (χ3v) is 6.24. The summed E-state index contributed by atoms with van der Waals surface area (Å²) < 4.78 is 26.7. The van der Waals surface area contributed by atoms with E-state index in [1.807, 2.05) is 32.0 Å². The highest BCUT2D eigenvalue weighted by Gasteiger charge is 2.26. The Morgan fingerprint density at radius 1 is 1.05 bits per heavy atom. The lowest BCUT2D eigenvalue weighted by atomic mass is 10.1. The molecule has 2 aromatic rings. The number of benzene rings is 2. The fourth-order valence-electron chi connectivity index (χ4n) is 2.23. The second kappa shape index (κ2) is 6.59. The molecule has 2 rings (SSSR count). The van der Waals surface area contributed by atoms with Gasteiger partial charge in [0.05, 0.1) is 10.0 Å². The van der Waals surface area contributed by atoms with Crippen molar-refractivity contribution >= 4 is 33.2 Å². The molecule has 0 bridgehead atoms. The van der Waals surface area contributed by atoms with Gasteiger partial charge >= 0.3 is 0 Å². The summed E-state index contributed by atoms with van der Waals surface area (Å²) in [4.78, 5) is -0.0504. The molecule has 0 unspecified atom stereocenters. The van der Waals surface area contributed by atoms with E-state index in [9.17, 15) is 8.42 Å². The minimum absolute atomic E-state index is 0.0504. The van der Waals surface area contributed by atoms with E-state index < -0.39 is 10.0 Å². The lowest BCUT2D eigenvalue weighted by Crippen LogP contribution is -2.27. The van der Waals surface area contributed by atoms with E-state index >= 15 is 0 Å². The van der Waals surface area contributed by atoms with Crippen molar-refractivity contribution in [3.63, 3.8) is 0 Å². The summed E-state index contributed by atoms with van der Waals surface area (Å²) in [5, 5.41) is 0.250. The summed E-state index contributed by atoms with van der Waals surface area (Å²) in [5.74, 6) is 0. The van der Waals surface area contributed by atoms with Crippen LogP contribution in [0.25, 0.3) is 0 Å². The van der Waals surface area contributed by atoms with Crippen molar-refractivity contribution < 1.29 is 8.42 Å². The first-order valence-electron chi connectivity index (χ1n) is 6.70. The summed E-state index contributed by atoms with van der Waals surface area (Å²) in [6.45, 7) is 4.22. The van der Waals surface area contributed by atoms with Gasteiger partial charge in [-0.2, -0.15) is 4.31 Å². The van der Waals surface area contributed by atoms with Crippen molar-refractivity contribution in [3.8, 4) is 0 Å². The average Bonchev–Trinajstić information content (AvgIpc) is 2.41. The highest BCUT2D eigenvalue weighted by atomic mass is 35.5. The monoisotopic (exact) mass is 357 g/mol. The third-order valence-electron chi connectivity index (χ3n) is 3.48. The van der Waals surface area contributed by atoms with Crippen molar-refractivity contribution in [2.24, 2.45) is 0 Å². The molecule has 118 valence electrons.